The number of rotatable bonds is 6. The average Bonchev–Trinajstić information content (AvgIpc) is 2.62. The van der Waals surface area contributed by atoms with E-state index < -0.39 is 5.97 Å². The van der Waals surface area contributed by atoms with Gasteiger partial charge in [0.15, 0.2) is 0 Å². The number of carboxylic acid groups (broad SMARTS) is 1. The van der Waals surface area contributed by atoms with E-state index in [-0.39, 0.29) is 18.0 Å². The SMILES string of the molecule is COc1ccc2ncc(C(=O)O)c(NCCN3CCOCC3)c2c1.Cl. The summed E-state index contributed by atoms with van der Waals surface area (Å²) in [5.74, 6) is -0.329. The number of halogens is 1. The predicted molar refractivity (Wildman–Crippen MR) is 98.3 cm³/mol. The highest BCUT2D eigenvalue weighted by molar-refractivity contribution is 6.04. The lowest BCUT2D eigenvalue weighted by molar-refractivity contribution is 0.0398. The van der Waals surface area contributed by atoms with E-state index in [1.54, 1.807) is 7.11 Å². The molecule has 2 N–H and O–H groups in total. The Hall–Kier alpha value is -2.09. The highest BCUT2D eigenvalue weighted by Crippen LogP contribution is 2.29. The second-order valence-corrected chi connectivity index (χ2v) is 5.62. The van der Waals surface area contributed by atoms with Crippen LogP contribution in [0.4, 0.5) is 5.69 Å². The maximum absolute atomic E-state index is 11.5. The summed E-state index contributed by atoms with van der Waals surface area (Å²) in [5.41, 5.74) is 1.48. The molecule has 7 nitrogen and oxygen atoms in total. The molecule has 1 aromatic carbocycles. The fourth-order valence-corrected chi connectivity index (χ4v) is 2.82. The third kappa shape index (κ3) is 4.50. The minimum atomic E-state index is -0.999. The molecule has 0 bridgehead atoms. The van der Waals surface area contributed by atoms with Crippen LogP contribution < -0.4 is 10.1 Å². The van der Waals surface area contributed by atoms with Crippen molar-refractivity contribution in [3.63, 3.8) is 0 Å². The van der Waals surface area contributed by atoms with Crippen LogP contribution in [-0.4, -0.2) is 67.5 Å². The molecule has 0 atom stereocenters. The first-order valence-corrected chi connectivity index (χ1v) is 7.93. The highest BCUT2D eigenvalue weighted by atomic mass is 35.5. The smallest absolute Gasteiger partial charge is 0.339 e. The van der Waals surface area contributed by atoms with Gasteiger partial charge in [-0.25, -0.2) is 4.79 Å². The van der Waals surface area contributed by atoms with Crippen molar-refractivity contribution in [3.8, 4) is 5.75 Å². The fourth-order valence-electron chi connectivity index (χ4n) is 2.82. The van der Waals surface area contributed by atoms with Crippen molar-refractivity contribution in [2.45, 2.75) is 0 Å². The summed E-state index contributed by atoms with van der Waals surface area (Å²) in [6, 6.07) is 5.45. The summed E-state index contributed by atoms with van der Waals surface area (Å²) < 4.78 is 10.6. The lowest BCUT2D eigenvalue weighted by Gasteiger charge is -2.26. The normalized spacial score (nSPS) is 14.8. The lowest BCUT2D eigenvalue weighted by Crippen LogP contribution is -2.39. The van der Waals surface area contributed by atoms with Gasteiger partial charge in [-0.15, -0.1) is 12.4 Å². The van der Waals surface area contributed by atoms with Crippen LogP contribution in [0.25, 0.3) is 10.9 Å². The average molecular weight is 368 g/mol. The van der Waals surface area contributed by atoms with Gasteiger partial charge in [0, 0.05) is 37.8 Å². The van der Waals surface area contributed by atoms with Gasteiger partial charge in [-0.2, -0.15) is 0 Å². The number of ether oxygens (including phenoxy) is 2. The molecule has 1 aromatic heterocycles. The highest BCUT2D eigenvalue weighted by Gasteiger charge is 2.16. The number of hydrogen-bond acceptors (Lipinski definition) is 6. The zero-order chi connectivity index (χ0) is 16.9. The van der Waals surface area contributed by atoms with Crippen LogP contribution in [0.5, 0.6) is 5.75 Å². The Labute approximate surface area is 152 Å². The molecular weight excluding hydrogens is 346 g/mol. The van der Waals surface area contributed by atoms with Crippen molar-refractivity contribution >= 4 is 35.0 Å². The first-order chi connectivity index (χ1) is 11.7. The maximum atomic E-state index is 11.5. The minimum Gasteiger partial charge on any atom is -0.497 e. The Bertz CT molecular complexity index is 735. The van der Waals surface area contributed by atoms with E-state index in [4.69, 9.17) is 9.47 Å². The van der Waals surface area contributed by atoms with Gasteiger partial charge in [0.2, 0.25) is 0 Å². The second-order valence-electron chi connectivity index (χ2n) is 5.62. The summed E-state index contributed by atoms with van der Waals surface area (Å²) in [6.07, 6.45) is 1.40. The van der Waals surface area contributed by atoms with Gasteiger partial charge in [-0.05, 0) is 18.2 Å². The molecule has 0 unspecified atom stereocenters. The molecule has 8 heteroatoms. The number of hydrogen-bond donors (Lipinski definition) is 2. The van der Waals surface area contributed by atoms with Crippen LogP contribution in [0, 0.1) is 0 Å². The number of nitrogens with one attached hydrogen (secondary N) is 1. The summed E-state index contributed by atoms with van der Waals surface area (Å²) >= 11 is 0. The number of morpholine rings is 1. The zero-order valence-corrected chi connectivity index (χ0v) is 14.8. The second kappa shape index (κ2) is 8.84. The van der Waals surface area contributed by atoms with Crippen LogP contribution in [0.2, 0.25) is 0 Å². The first kappa shape index (κ1) is 19.2. The zero-order valence-electron chi connectivity index (χ0n) is 14.0. The van der Waals surface area contributed by atoms with Crippen molar-refractivity contribution in [1.29, 1.82) is 0 Å². The fraction of sp³-hybridized carbons (Fsp3) is 0.412. The van der Waals surface area contributed by atoms with E-state index in [1.807, 2.05) is 18.2 Å². The number of aromatic carboxylic acids is 1. The molecule has 25 heavy (non-hydrogen) atoms. The number of nitrogens with zero attached hydrogens (tertiary/aromatic N) is 2. The number of pyridine rings is 1. The van der Waals surface area contributed by atoms with Crippen LogP contribution in [0.3, 0.4) is 0 Å². The largest absolute Gasteiger partial charge is 0.497 e. The minimum absolute atomic E-state index is 0. The third-order valence-corrected chi connectivity index (χ3v) is 4.14. The van der Waals surface area contributed by atoms with Gasteiger partial charge in [-0.3, -0.25) is 9.88 Å². The number of carboxylic acids is 1. The van der Waals surface area contributed by atoms with Crippen LogP contribution >= 0.6 is 12.4 Å². The topological polar surface area (TPSA) is 83.9 Å². The molecule has 0 radical (unpaired) electrons. The third-order valence-electron chi connectivity index (χ3n) is 4.14. The number of carbonyl (C=O) groups is 1. The number of anilines is 1. The standard InChI is InChI=1S/C17H21N3O4.ClH/c1-23-12-2-3-15-13(10-12)16(14(11-19-15)17(21)22)18-4-5-20-6-8-24-9-7-20;/h2-3,10-11H,4-9H2,1H3,(H,18,19)(H,21,22);1H. The molecule has 1 aliphatic heterocycles. The van der Waals surface area contributed by atoms with Gasteiger partial charge in [0.1, 0.15) is 11.3 Å². The summed E-state index contributed by atoms with van der Waals surface area (Å²) in [7, 11) is 1.58. The molecular formula is C17H22ClN3O4. The number of aromatic nitrogens is 1. The lowest BCUT2D eigenvalue weighted by atomic mass is 10.1. The van der Waals surface area contributed by atoms with Crippen molar-refractivity contribution < 1.29 is 19.4 Å². The Balaban J connectivity index is 0.00000225. The molecule has 2 aromatic rings. The summed E-state index contributed by atoms with van der Waals surface area (Å²) in [5, 5.41) is 13.5. The van der Waals surface area contributed by atoms with Gasteiger partial charge in [-0.1, -0.05) is 0 Å². The number of methoxy groups -OCH3 is 1. The Morgan fingerprint density at radius 2 is 2.16 bits per heavy atom. The van der Waals surface area contributed by atoms with E-state index in [0.717, 1.165) is 43.8 Å². The van der Waals surface area contributed by atoms with E-state index in [2.05, 4.69) is 15.2 Å². The van der Waals surface area contributed by atoms with Gasteiger partial charge in [0.25, 0.3) is 0 Å². The van der Waals surface area contributed by atoms with Crippen molar-refractivity contribution in [2.24, 2.45) is 0 Å². The van der Waals surface area contributed by atoms with Crippen LogP contribution in [-0.2, 0) is 4.74 Å². The van der Waals surface area contributed by atoms with E-state index in [0.29, 0.717) is 18.0 Å². The van der Waals surface area contributed by atoms with Crippen LogP contribution in [0.15, 0.2) is 24.4 Å². The van der Waals surface area contributed by atoms with E-state index in [1.165, 1.54) is 6.20 Å². The molecule has 136 valence electrons. The number of benzene rings is 1. The Kier molecular flexibility index (Phi) is 6.81. The Morgan fingerprint density at radius 3 is 2.84 bits per heavy atom. The van der Waals surface area contributed by atoms with Crippen molar-refractivity contribution in [3.05, 3.63) is 30.0 Å². The summed E-state index contributed by atoms with van der Waals surface area (Å²) in [4.78, 5) is 18.1. The molecule has 0 amide bonds. The predicted octanol–water partition coefficient (Wildman–Crippen LogP) is 2.11. The monoisotopic (exact) mass is 367 g/mol. The maximum Gasteiger partial charge on any atom is 0.339 e. The first-order valence-electron chi connectivity index (χ1n) is 7.93. The van der Waals surface area contributed by atoms with Crippen molar-refractivity contribution in [1.82, 2.24) is 9.88 Å². The molecule has 0 saturated carbocycles. The van der Waals surface area contributed by atoms with E-state index in [9.17, 15) is 9.90 Å². The molecule has 0 aliphatic carbocycles. The molecule has 2 heterocycles. The molecule has 1 aliphatic rings. The van der Waals surface area contributed by atoms with Crippen LogP contribution in [0.1, 0.15) is 10.4 Å². The summed E-state index contributed by atoms with van der Waals surface area (Å²) in [6.45, 7) is 4.77. The van der Waals surface area contributed by atoms with E-state index >= 15 is 0 Å². The van der Waals surface area contributed by atoms with Crippen molar-refractivity contribution in [2.75, 3.05) is 51.8 Å². The Morgan fingerprint density at radius 1 is 1.40 bits per heavy atom. The van der Waals surface area contributed by atoms with Gasteiger partial charge < -0.3 is 19.9 Å². The quantitative estimate of drug-likeness (QED) is 0.808. The molecule has 3 rings (SSSR count). The van der Waals surface area contributed by atoms with Gasteiger partial charge in [0.05, 0.1) is 31.5 Å². The molecule has 1 saturated heterocycles. The van der Waals surface area contributed by atoms with Gasteiger partial charge >= 0.3 is 5.97 Å². The number of fused-ring (bicyclic) bond motifs is 1. The molecule has 1 fully saturated rings. The molecule has 0 spiro atoms.